The first kappa shape index (κ1) is 12.3. The Kier molecular flexibility index (Phi) is 3.81. The molecule has 2 fully saturated rings. The molecule has 5 heteroatoms. The van der Waals surface area contributed by atoms with Gasteiger partial charge >= 0.3 is 101 Å². The third-order valence-electron chi connectivity index (χ3n) is 3.53. The van der Waals surface area contributed by atoms with E-state index in [1.807, 2.05) is 0 Å². The van der Waals surface area contributed by atoms with Gasteiger partial charge in [0.2, 0.25) is 0 Å². The van der Waals surface area contributed by atoms with E-state index in [4.69, 9.17) is 14.2 Å². The summed E-state index contributed by atoms with van der Waals surface area (Å²) in [5, 5.41) is 3.99. The molecule has 1 aliphatic carbocycles. The van der Waals surface area contributed by atoms with E-state index in [1.165, 1.54) is 7.11 Å². The maximum atomic E-state index is 11.7. The van der Waals surface area contributed by atoms with Crippen molar-refractivity contribution in [1.29, 1.82) is 0 Å². The maximum absolute atomic E-state index is 11.7. The number of methoxy groups -OCH3 is 1. The molecule has 0 amide bonds. The van der Waals surface area contributed by atoms with Crippen molar-refractivity contribution in [3.63, 3.8) is 0 Å². The molecule has 88 valence electrons. The molecule has 4 nitrogen and oxygen atoms in total. The van der Waals surface area contributed by atoms with Gasteiger partial charge in [-0.3, -0.25) is 0 Å². The minimum atomic E-state index is -0.510. The summed E-state index contributed by atoms with van der Waals surface area (Å²) in [6, 6.07) is 0. The van der Waals surface area contributed by atoms with Gasteiger partial charge in [0.05, 0.1) is 0 Å². The normalized spacial score (nSPS) is 32.3. The zero-order chi connectivity index (χ0) is 11.6. The zero-order valence-electron chi connectivity index (χ0n) is 9.61. The summed E-state index contributed by atoms with van der Waals surface area (Å²) in [7, 11) is 1.44. The molecular formula is C11H17AlO4. The summed E-state index contributed by atoms with van der Waals surface area (Å²) < 4.78 is 16.6. The summed E-state index contributed by atoms with van der Waals surface area (Å²) in [5.74, 6) is -0.743. The van der Waals surface area contributed by atoms with Crippen LogP contribution in [0.4, 0.5) is 0 Å². The second-order valence-corrected chi connectivity index (χ2v) is 5.71. The van der Waals surface area contributed by atoms with E-state index < -0.39 is 5.79 Å². The number of ether oxygens (including phenoxy) is 3. The van der Waals surface area contributed by atoms with Crippen molar-refractivity contribution >= 4 is 26.1 Å². The fourth-order valence-corrected chi connectivity index (χ4v) is 3.65. The SMILES string of the molecule is [CH2]=[Al][CH]1CCC2(CC1C(=O)OC)OCCO2. The van der Waals surface area contributed by atoms with Gasteiger partial charge in [-0.25, -0.2) is 0 Å². The molecular weight excluding hydrogens is 223 g/mol. The van der Waals surface area contributed by atoms with Crippen LogP contribution in [0.1, 0.15) is 19.3 Å². The van der Waals surface area contributed by atoms with Crippen molar-refractivity contribution < 1.29 is 19.0 Å². The molecule has 2 atom stereocenters. The van der Waals surface area contributed by atoms with Gasteiger partial charge in [0.1, 0.15) is 0 Å². The van der Waals surface area contributed by atoms with Gasteiger partial charge in [-0.15, -0.1) is 0 Å². The zero-order valence-corrected chi connectivity index (χ0v) is 10.8. The van der Waals surface area contributed by atoms with Crippen LogP contribution in [0, 0.1) is 5.92 Å². The predicted molar refractivity (Wildman–Crippen MR) is 60.6 cm³/mol. The van der Waals surface area contributed by atoms with E-state index >= 15 is 0 Å². The van der Waals surface area contributed by atoms with Crippen molar-refractivity contribution in [3.05, 3.63) is 0 Å². The Balaban J connectivity index is 2.11. The molecule has 1 heterocycles. The van der Waals surface area contributed by atoms with E-state index in [1.54, 1.807) is 0 Å². The topological polar surface area (TPSA) is 44.8 Å². The van der Waals surface area contributed by atoms with Crippen molar-refractivity contribution in [3.8, 4) is 0 Å². The summed E-state index contributed by atoms with van der Waals surface area (Å²) in [5.41, 5.74) is 0. The van der Waals surface area contributed by atoms with E-state index in [-0.39, 0.29) is 26.7 Å². The molecule has 2 aliphatic rings. The molecule has 0 N–H and O–H groups in total. The van der Waals surface area contributed by atoms with Gasteiger partial charge in [-0.2, -0.15) is 0 Å². The molecule has 16 heavy (non-hydrogen) atoms. The Morgan fingerprint density at radius 3 is 2.75 bits per heavy atom. The van der Waals surface area contributed by atoms with Crippen LogP contribution in [0.25, 0.3) is 0 Å². The average molecular weight is 240 g/mol. The Bertz CT molecular complexity index is 286. The van der Waals surface area contributed by atoms with E-state index in [2.05, 4.69) is 5.39 Å². The molecule has 1 aliphatic heterocycles. The van der Waals surface area contributed by atoms with Crippen molar-refractivity contribution in [2.45, 2.75) is 29.8 Å². The quantitative estimate of drug-likeness (QED) is 0.524. The fourth-order valence-electron chi connectivity index (χ4n) is 2.63. The molecule has 2 unspecified atom stereocenters. The molecule has 0 aromatic carbocycles. The molecule has 1 spiro atoms. The average Bonchev–Trinajstić information content (AvgIpc) is 2.76. The molecule has 0 aromatic heterocycles. The summed E-state index contributed by atoms with van der Waals surface area (Å²) in [6.45, 7) is 1.27. The van der Waals surface area contributed by atoms with Gasteiger partial charge in [0.25, 0.3) is 0 Å². The summed E-state index contributed by atoms with van der Waals surface area (Å²) in [4.78, 5) is 11.7. The second kappa shape index (κ2) is 4.97. The van der Waals surface area contributed by atoms with Gasteiger partial charge < -0.3 is 0 Å². The third kappa shape index (κ3) is 2.23. The summed E-state index contributed by atoms with van der Waals surface area (Å²) >= 11 is 0.0418. The molecule has 1 saturated heterocycles. The van der Waals surface area contributed by atoms with Crippen molar-refractivity contribution in [2.24, 2.45) is 5.92 Å². The van der Waals surface area contributed by atoms with E-state index in [0.717, 1.165) is 12.8 Å². The number of esters is 1. The van der Waals surface area contributed by atoms with Crippen LogP contribution in [0.2, 0.25) is 4.78 Å². The van der Waals surface area contributed by atoms with Crippen LogP contribution in [-0.4, -0.2) is 52.2 Å². The van der Waals surface area contributed by atoms with Crippen LogP contribution in [0.3, 0.4) is 0 Å². The number of carbonyl (C=O) groups excluding carboxylic acids is 1. The van der Waals surface area contributed by atoms with Crippen molar-refractivity contribution in [2.75, 3.05) is 20.3 Å². The number of hydrogen-bond acceptors (Lipinski definition) is 4. The van der Waals surface area contributed by atoms with Crippen LogP contribution in [-0.2, 0) is 19.0 Å². The molecule has 0 radical (unpaired) electrons. The Hall–Kier alpha value is -0.208. The van der Waals surface area contributed by atoms with Crippen LogP contribution in [0.15, 0.2) is 0 Å². The Labute approximate surface area is 101 Å². The van der Waals surface area contributed by atoms with E-state index in [0.29, 0.717) is 24.4 Å². The monoisotopic (exact) mass is 240 g/mol. The van der Waals surface area contributed by atoms with Crippen molar-refractivity contribution in [1.82, 2.24) is 0 Å². The molecule has 0 aromatic rings. The predicted octanol–water partition coefficient (Wildman–Crippen LogP) is 0.627. The first-order chi connectivity index (χ1) is 7.71. The fraction of sp³-hybridized carbons (Fsp3) is 0.818. The van der Waals surface area contributed by atoms with Gasteiger partial charge in [-0.05, 0) is 0 Å². The van der Waals surface area contributed by atoms with E-state index in [9.17, 15) is 4.79 Å². The number of hydrogen-bond donors (Lipinski definition) is 0. The number of rotatable bonds is 2. The Morgan fingerprint density at radius 1 is 1.50 bits per heavy atom. The molecule has 0 bridgehead atoms. The Morgan fingerprint density at radius 2 is 2.19 bits per heavy atom. The number of carbonyl (C=O) groups is 1. The molecule has 1 saturated carbocycles. The van der Waals surface area contributed by atoms with Crippen LogP contribution < -0.4 is 0 Å². The first-order valence-corrected chi connectivity index (χ1v) is 7.17. The van der Waals surface area contributed by atoms with Gasteiger partial charge in [-0.1, -0.05) is 0 Å². The minimum absolute atomic E-state index is 0.0418. The van der Waals surface area contributed by atoms with Gasteiger partial charge in [0, 0.05) is 0 Å². The first-order valence-electron chi connectivity index (χ1n) is 5.69. The molecule has 2 rings (SSSR count). The van der Waals surface area contributed by atoms with Crippen LogP contribution in [0.5, 0.6) is 0 Å². The standard InChI is InChI=1S/C10H15O4.CH2.Al/c1-12-9(11)8-3-2-4-10(7-8)13-5-6-14-10;;/h3,8H,2,4-7H2,1H3;1H2;. The van der Waals surface area contributed by atoms with Gasteiger partial charge in [0.15, 0.2) is 0 Å². The third-order valence-corrected chi connectivity index (χ3v) is 4.93. The summed E-state index contributed by atoms with van der Waals surface area (Å²) in [6.07, 6.45) is 2.47. The van der Waals surface area contributed by atoms with Crippen LogP contribution >= 0.6 is 0 Å². The second-order valence-electron chi connectivity index (χ2n) is 4.38.